The molecule has 0 saturated carbocycles. The molecule has 0 bridgehead atoms. The van der Waals surface area contributed by atoms with Crippen LogP contribution in [0, 0.1) is 11.2 Å². The van der Waals surface area contributed by atoms with E-state index in [9.17, 15) is 9.18 Å². The minimum absolute atomic E-state index is 0.0555. The highest BCUT2D eigenvalue weighted by atomic mass is 35.5. The number of aromatic nitrogens is 1. The van der Waals surface area contributed by atoms with Crippen molar-refractivity contribution in [1.29, 1.82) is 5.41 Å². The number of carbonyl (C=O) groups excluding carboxylic acids is 1. The molecular weight excluding hydrogens is 396 g/mol. The van der Waals surface area contributed by atoms with E-state index < -0.39 is 22.4 Å². The zero-order valence-electron chi connectivity index (χ0n) is 14.8. The quantitative estimate of drug-likeness (QED) is 0.594. The second-order valence-electron chi connectivity index (χ2n) is 6.12. The number of halogens is 3. The molecule has 0 fully saturated rings. The van der Waals surface area contributed by atoms with Crippen molar-refractivity contribution in [3.63, 3.8) is 0 Å². The van der Waals surface area contributed by atoms with Crippen molar-refractivity contribution in [3.8, 4) is 11.5 Å². The van der Waals surface area contributed by atoms with Gasteiger partial charge in [0.15, 0.2) is 11.0 Å². The molecule has 1 unspecified atom stereocenters. The SMILES string of the molecule is COc1ccc(CN2C(=O)c3c(Cl)nc(Cl)c(F)c3C2(C)C=N)c(OC)c1. The molecule has 1 aliphatic rings. The van der Waals surface area contributed by atoms with Gasteiger partial charge in [0, 0.05) is 23.4 Å². The second kappa shape index (κ2) is 6.98. The fourth-order valence-electron chi connectivity index (χ4n) is 3.20. The van der Waals surface area contributed by atoms with Crippen LogP contribution in [-0.2, 0) is 12.1 Å². The summed E-state index contributed by atoms with van der Waals surface area (Å²) in [7, 11) is 3.03. The molecule has 1 amide bonds. The monoisotopic (exact) mass is 411 g/mol. The van der Waals surface area contributed by atoms with Crippen molar-refractivity contribution in [3.05, 3.63) is 51.0 Å². The van der Waals surface area contributed by atoms with Crippen molar-refractivity contribution in [2.45, 2.75) is 19.0 Å². The molecule has 1 aromatic carbocycles. The Bertz CT molecular complexity index is 954. The summed E-state index contributed by atoms with van der Waals surface area (Å²) >= 11 is 11.9. The van der Waals surface area contributed by atoms with E-state index in [1.807, 2.05) is 0 Å². The van der Waals surface area contributed by atoms with Gasteiger partial charge in [-0.15, -0.1) is 0 Å². The standard InChI is InChI=1S/C18H16Cl2FN3O3/c1-18(8-22)13-12(15(19)23-16(20)14(13)21)17(25)24(18)7-9-4-5-10(26-2)6-11(9)27-3/h4-6,8,22H,7H2,1-3H3. The summed E-state index contributed by atoms with van der Waals surface area (Å²) in [5.41, 5.74) is -0.863. The van der Waals surface area contributed by atoms with E-state index in [-0.39, 0.29) is 22.8 Å². The maximum absolute atomic E-state index is 14.7. The molecule has 1 N–H and O–H groups in total. The van der Waals surface area contributed by atoms with E-state index in [1.54, 1.807) is 25.1 Å². The summed E-state index contributed by atoms with van der Waals surface area (Å²) in [6, 6.07) is 5.14. The van der Waals surface area contributed by atoms with Gasteiger partial charge in [-0.05, 0) is 19.1 Å². The third-order valence-corrected chi connectivity index (χ3v) is 5.21. The van der Waals surface area contributed by atoms with Crippen molar-refractivity contribution in [2.24, 2.45) is 0 Å². The third-order valence-electron chi connectivity index (χ3n) is 4.68. The first kappa shape index (κ1) is 19.4. The smallest absolute Gasteiger partial charge is 0.258 e. The zero-order chi connectivity index (χ0) is 19.9. The van der Waals surface area contributed by atoms with Gasteiger partial charge in [-0.3, -0.25) is 4.79 Å². The fourth-order valence-corrected chi connectivity index (χ4v) is 3.68. The van der Waals surface area contributed by atoms with Crippen molar-refractivity contribution in [1.82, 2.24) is 9.88 Å². The molecule has 3 rings (SSSR count). The molecule has 1 atom stereocenters. The van der Waals surface area contributed by atoms with E-state index in [1.165, 1.54) is 19.1 Å². The second-order valence-corrected chi connectivity index (χ2v) is 6.83. The Kier molecular flexibility index (Phi) is 5.01. The first-order valence-electron chi connectivity index (χ1n) is 7.88. The fraction of sp³-hybridized carbons (Fsp3) is 0.278. The molecule has 142 valence electrons. The lowest BCUT2D eigenvalue weighted by Gasteiger charge is -2.33. The molecule has 0 radical (unpaired) electrons. The predicted octanol–water partition coefficient (Wildman–Crippen LogP) is 4.07. The Labute approximate surface area is 165 Å². The van der Waals surface area contributed by atoms with Crippen LogP contribution in [0.3, 0.4) is 0 Å². The van der Waals surface area contributed by atoms with Crippen LogP contribution in [0.25, 0.3) is 0 Å². The molecule has 9 heteroatoms. The molecule has 1 aromatic heterocycles. The molecule has 1 aliphatic heterocycles. The highest BCUT2D eigenvalue weighted by Crippen LogP contribution is 2.44. The van der Waals surface area contributed by atoms with Gasteiger partial charge in [-0.1, -0.05) is 23.2 Å². The molecular formula is C18H16Cl2FN3O3. The maximum atomic E-state index is 14.7. The summed E-state index contributed by atoms with van der Waals surface area (Å²) in [6.07, 6.45) is 0.989. The van der Waals surface area contributed by atoms with Gasteiger partial charge < -0.3 is 19.8 Å². The molecule has 2 aromatic rings. The van der Waals surface area contributed by atoms with Gasteiger partial charge in [0.1, 0.15) is 22.2 Å². The molecule has 27 heavy (non-hydrogen) atoms. The Balaban J connectivity index is 2.13. The van der Waals surface area contributed by atoms with Crippen LogP contribution in [0.4, 0.5) is 4.39 Å². The van der Waals surface area contributed by atoms with E-state index >= 15 is 0 Å². The average molecular weight is 412 g/mol. The summed E-state index contributed by atoms with van der Waals surface area (Å²) in [4.78, 5) is 18.0. The minimum Gasteiger partial charge on any atom is -0.497 e. The molecule has 0 spiro atoms. The number of nitrogens with one attached hydrogen (secondary N) is 1. The predicted molar refractivity (Wildman–Crippen MR) is 99.8 cm³/mol. The largest absolute Gasteiger partial charge is 0.497 e. The van der Waals surface area contributed by atoms with Gasteiger partial charge in [0.2, 0.25) is 0 Å². The lowest BCUT2D eigenvalue weighted by Crippen LogP contribution is -2.42. The number of amides is 1. The number of nitrogens with zero attached hydrogens (tertiary/aromatic N) is 2. The lowest BCUT2D eigenvalue weighted by molar-refractivity contribution is 0.0667. The molecule has 6 nitrogen and oxygen atoms in total. The number of fused-ring (bicyclic) bond motifs is 1. The average Bonchev–Trinajstić information content (AvgIpc) is 2.89. The third kappa shape index (κ3) is 2.91. The summed E-state index contributed by atoms with van der Waals surface area (Å²) in [5, 5.41) is 7.23. The maximum Gasteiger partial charge on any atom is 0.258 e. The van der Waals surface area contributed by atoms with Crippen LogP contribution in [0.15, 0.2) is 18.2 Å². The summed E-state index contributed by atoms with van der Waals surface area (Å²) < 4.78 is 25.3. The van der Waals surface area contributed by atoms with Crippen LogP contribution >= 0.6 is 23.2 Å². The van der Waals surface area contributed by atoms with Crippen LogP contribution in [0.5, 0.6) is 11.5 Å². The van der Waals surface area contributed by atoms with Crippen molar-refractivity contribution < 1.29 is 18.7 Å². The van der Waals surface area contributed by atoms with Crippen LogP contribution in [-0.4, -0.2) is 36.2 Å². The van der Waals surface area contributed by atoms with Crippen LogP contribution in [0.1, 0.15) is 28.4 Å². The minimum atomic E-state index is -1.38. The van der Waals surface area contributed by atoms with Gasteiger partial charge >= 0.3 is 0 Å². The number of carbonyl (C=O) groups is 1. The number of benzene rings is 1. The number of methoxy groups -OCH3 is 2. The van der Waals surface area contributed by atoms with E-state index in [4.69, 9.17) is 38.1 Å². The normalized spacial score (nSPS) is 18.4. The van der Waals surface area contributed by atoms with Gasteiger partial charge in [0.05, 0.1) is 26.3 Å². The summed E-state index contributed by atoms with van der Waals surface area (Å²) in [6.45, 7) is 1.61. The van der Waals surface area contributed by atoms with Crippen LogP contribution < -0.4 is 9.47 Å². The number of hydrogen-bond donors (Lipinski definition) is 1. The Hall–Kier alpha value is -2.38. The van der Waals surface area contributed by atoms with E-state index in [2.05, 4.69) is 4.98 Å². The summed E-state index contributed by atoms with van der Waals surface area (Å²) in [5.74, 6) is -0.318. The van der Waals surface area contributed by atoms with Crippen molar-refractivity contribution >= 4 is 35.3 Å². The zero-order valence-corrected chi connectivity index (χ0v) is 16.3. The van der Waals surface area contributed by atoms with Gasteiger partial charge in [-0.25, -0.2) is 9.37 Å². The first-order valence-corrected chi connectivity index (χ1v) is 8.63. The number of pyridine rings is 1. The van der Waals surface area contributed by atoms with E-state index in [0.717, 1.165) is 6.21 Å². The first-order chi connectivity index (χ1) is 12.8. The number of hydrogen-bond acceptors (Lipinski definition) is 5. The number of rotatable bonds is 5. The van der Waals surface area contributed by atoms with Crippen molar-refractivity contribution in [2.75, 3.05) is 14.2 Å². The Morgan fingerprint density at radius 2 is 2.00 bits per heavy atom. The molecule has 2 heterocycles. The lowest BCUT2D eigenvalue weighted by atomic mass is 9.93. The molecule has 0 saturated heterocycles. The number of ether oxygens (including phenoxy) is 2. The highest BCUT2D eigenvalue weighted by Gasteiger charge is 2.49. The highest BCUT2D eigenvalue weighted by molar-refractivity contribution is 6.35. The molecule has 0 aliphatic carbocycles. The van der Waals surface area contributed by atoms with Crippen LogP contribution in [0.2, 0.25) is 10.3 Å². The van der Waals surface area contributed by atoms with Gasteiger partial charge in [-0.2, -0.15) is 0 Å². The van der Waals surface area contributed by atoms with E-state index in [0.29, 0.717) is 17.1 Å². The van der Waals surface area contributed by atoms with Gasteiger partial charge in [0.25, 0.3) is 5.91 Å². The Morgan fingerprint density at radius 3 is 2.59 bits per heavy atom. The Morgan fingerprint density at radius 1 is 1.30 bits per heavy atom. The topological polar surface area (TPSA) is 75.5 Å².